The molecule has 0 atom stereocenters. The predicted molar refractivity (Wildman–Crippen MR) is 105 cm³/mol. The number of halogens is 2. The Morgan fingerprint density at radius 1 is 1.17 bits per heavy atom. The topological polar surface area (TPSA) is 42.0 Å². The van der Waals surface area contributed by atoms with Crippen LogP contribution < -0.4 is 5.32 Å². The van der Waals surface area contributed by atoms with Crippen LogP contribution >= 0.6 is 44.2 Å². The molecule has 0 radical (unpaired) electrons. The summed E-state index contributed by atoms with van der Waals surface area (Å²) < 4.78 is 1.05. The van der Waals surface area contributed by atoms with E-state index in [0.29, 0.717) is 5.56 Å². The molecular weight excluding hydrogens is 440 g/mol. The third kappa shape index (κ3) is 4.50. The van der Waals surface area contributed by atoms with Gasteiger partial charge in [-0.15, -0.1) is 28.3 Å². The number of thiazole rings is 1. The average Bonchev–Trinajstić information content (AvgIpc) is 2.96. The lowest BCUT2D eigenvalue weighted by Gasteiger charge is -2.04. The van der Waals surface area contributed by atoms with Gasteiger partial charge in [-0.1, -0.05) is 40.2 Å². The van der Waals surface area contributed by atoms with Gasteiger partial charge >= 0.3 is 0 Å². The second-order valence-corrected chi connectivity index (χ2v) is 6.58. The molecule has 2 aromatic carbocycles. The van der Waals surface area contributed by atoms with Gasteiger partial charge in [0.25, 0.3) is 0 Å². The second kappa shape index (κ2) is 7.86. The molecule has 0 bridgehead atoms. The zero-order valence-electron chi connectivity index (χ0n) is 12.2. The fraction of sp³-hybridized carbons (Fsp3) is 0.0588. The smallest absolute Gasteiger partial charge is 0.187 e. The van der Waals surface area contributed by atoms with Crippen molar-refractivity contribution in [1.29, 1.82) is 0 Å². The molecule has 118 valence electrons. The van der Waals surface area contributed by atoms with E-state index >= 15 is 0 Å². The van der Waals surface area contributed by atoms with Crippen molar-refractivity contribution in [2.45, 2.75) is 6.92 Å². The maximum absolute atomic E-state index is 11.4. The van der Waals surface area contributed by atoms with Gasteiger partial charge in [-0.3, -0.25) is 4.79 Å². The van der Waals surface area contributed by atoms with E-state index in [0.717, 1.165) is 26.5 Å². The minimum Gasteiger partial charge on any atom is -0.332 e. The molecule has 3 aromatic rings. The highest BCUT2D eigenvalue weighted by Gasteiger charge is 2.06. The Hall–Kier alpha value is -1.50. The lowest BCUT2D eigenvalue weighted by Crippen LogP contribution is -1.95. The van der Waals surface area contributed by atoms with Crippen molar-refractivity contribution in [2.75, 3.05) is 5.32 Å². The van der Waals surface area contributed by atoms with Crippen molar-refractivity contribution in [1.82, 2.24) is 4.98 Å². The Balaban J connectivity index is 0.00000192. The molecular formula is C17H14Br2N2OS. The fourth-order valence-corrected chi connectivity index (χ4v) is 3.03. The van der Waals surface area contributed by atoms with Crippen LogP contribution in [-0.4, -0.2) is 10.8 Å². The first-order valence-electron chi connectivity index (χ1n) is 6.71. The number of benzene rings is 2. The fourth-order valence-electron chi connectivity index (χ4n) is 2.02. The maximum atomic E-state index is 11.4. The lowest BCUT2D eigenvalue weighted by molar-refractivity contribution is 0.101. The van der Waals surface area contributed by atoms with Crippen molar-refractivity contribution < 1.29 is 4.79 Å². The molecule has 0 aliphatic carbocycles. The summed E-state index contributed by atoms with van der Waals surface area (Å²) in [5.41, 5.74) is 3.56. The Bertz CT molecular complexity index is 815. The number of anilines is 2. The second-order valence-electron chi connectivity index (χ2n) is 4.81. The summed E-state index contributed by atoms with van der Waals surface area (Å²) in [7, 11) is 0. The quantitative estimate of drug-likeness (QED) is 0.485. The van der Waals surface area contributed by atoms with Crippen LogP contribution in [0, 0.1) is 0 Å². The average molecular weight is 454 g/mol. The predicted octanol–water partition coefficient (Wildman–Crippen LogP) is 6.10. The summed E-state index contributed by atoms with van der Waals surface area (Å²) in [6, 6.07) is 15.5. The van der Waals surface area contributed by atoms with E-state index in [1.165, 1.54) is 11.3 Å². The van der Waals surface area contributed by atoms with Gasteiger partial charge in [0.2, 0.25) is 0 Å². The van der Waals surface area contributed by atoms with Crippen LogP contribution in [0.4, 0.5) is 10.8 Å². The minimum absolute atomic E-state index is 0. The molecule has 1 N–H and O–H groups in total. The number of hydrogen-bond donors (Lipinski definition) is 1. The summed E-state index contributed by atoms with van der Waals surface area (Å²) in [4.78, 5) is 16.0. The Morgan fingerprint density at radius 3 is 2.61 bits per heavy atom. The van der Waals surface area contributed by atoms with Gasteiger partial charge in [-0.05, 0) is 31.2 Å². The molecule has 6 heteroatoms. The van der Waals surface area contributed by atoms with E-state index in [2.05, 4.69) is 26.2 Å². The van der Waals surface area contributed by atoms with Crippen LogP contribution in [0.25, 0.3) is 11.3 Å². The number of nitrogens with one attached hydrogen (secondary N) is 1. The number of carbonyl (C=O) groups is 1. The van der Waals surface area contributed by atoms with E-state index in [4.69, 9.17) is 0 Å². The summed E-state index contributed by atoms with van der Waals surface area (Å²) in [5, 5.41) is 6.07. The SMILES string of the molecule is Br.CC(=O)c1cccc(Nc2nc(-c3ccc(Br)cc3)cs2)c1. The summed E-state index contributed by atoms with van der Waals surface area (Å²) in [6.45, 7) is 1.56. The first-order valence-corrected chi connectivity index (χ1v) is 8.38. The summed E-state index contributed by atoms with van der Waals surface area (Å²) in [6.07, 6.45) is 0. The molecule has 0 amide bonds. The highest BCUT2D eigenvalue weighted by molar-refractivity contribution is 9.10. The van der Waals surface area contributed by atoms with Crippen molar-refractivity contribution in [3.05, 3.63) is 63.9 Å². The van der Waals surface area contributed by atoms with Crippen LogP contribution in [0.1, 0.15) is 17.3 Å². The lowest BCUT2D eigenvalue weighted by atomic mass is 10.1. The zero-order chi connectivity index (χ0) is 15.5. The number of carbonyl (C=O) groups excluding carboxylic acids is 1. The van der Waals surface area contributed by atoms with Crippen LogP contribution in [0.2, 0.25) is 0 Å². The highest BCUT2D eigenvalue weighted by atomic mass is 79.9. The molecule has 0 unspecified atom stereocenters. The number of rotatable bonds is 4. The zero-order valence-corrected chi connectivity index (χ0v) is 16.4. The molecule has 23 heavy (non-hydrogen) atoms. The number of aromatic nitrogens is 1. The highest BCUT2D eigenvalue weighted by Crippen LogP contribution is 2.28. The molecule has 0 spiro atoms. The maximum Gasteiger partial charge on any atom is 0.187 e. The first-order chi connectivity index (χ1) is 10.6. The molecule has 1 aromatic heterocycles. The van der Waals surface area contributed by atoms with Crippen LogP contribution in [0.3, 0.4) is 0 Å². The van der Waals surface area contributed by atoms with Crippen molar-refractivity contribution in [3.63, 3.8) is 0 Å². The molecule has 3 nitrogen and oxygen atoms in total. The third-order valence-corrected chi connectivity index (χ3v) is 4.45. The van der Waals surface area contributed by atoms with E-state index in [1.807, 2.05) is 53.9 Å². The number of nitrogens with zero attached hydrogens (tertiary/aromatic N) is 1. The molecule has 0 aliphatic heterocycles. The monoisotopic (exact) mass is 452 g/mol. The van der Waals surface area contributed by atoms with Crippen LogP contribution in [-0.2, 0) is 0 Å². The molecule has 0 saturated heterocycles. The van der Waals surface area contributed by atoms with E-state index in [9.17, 15) is 4.79 Å². The molecule has 3 rings (SSSR count). The first kappa shape index (κ1) is 17.8. The largest absolute Gasteiger partial charge is 0.332 e. The number of Topliss-reactive ketones (excluding diaryl/α,β-unsaturated/α-hetero) is 1. The van der Waals surface area contributed by atoms with Crippen molar-refractivity contribution in [3.8, 4) is 11.3 Å². The Kier molecular flexibility index (Phi) is 6.10. The Labute approximate surface area is 157 Å². The molecule has 1 heterocycles. The normalized spacial score (nSPS) is 10.0. The van der Waals surface area contributed by atoms with Crippen molar-refractivity contribution >= 4 is 60.9 Å². The van der Waals surface area contributed by atoms with Gasteiger partial charge in [0.15, 0.2) is 10.9 Å². The van der Waals surface area contributed by atoms with E-state index < -0.39 is 0 Å². The Morgan fingerprint density at radius 2 is 1.91 bits per heavy atom. The van der Waals surface area contributed by atoms with Crippen LogP contribution in [0.15, 0.2) is 58.4 Å². The summed E-state index contributed by atoms with van der Waals surface area (Å²) >= 11 is 4.97. The van der Waals surface area contributed by atoms with Gasteiger partial charge in [0.05, 0.1) is 5.69 Å². The van der Waals surface area contributed by atoms with E-state index in [-0.39, 0.29) is 22.8 Å². The van der Waals surface area contributed by atoms with Gasteiger partial charge in [0, 0.05) is 26.7 Å². The van der Waals surface area contributed by atoms with Gasteiger partial charge in [-0.2, -0.15) is 0 Å². The number of ketones is 1. The molecule has 0 aliphatic rings. The third-order valence-electron chi connectivity index (χ3n) is 3.16. The van der Waals surface area contributed by atoms with Gasteiger partial charge in [0.1, 0.15) is 0 Å². The van der Waals surface area contributed by atoms with Crippen molar-refractivity contribution in [2.24, 2.45) is 0 Å². The van der Waals surface area contributed by atoms with Gasteiger partial charge < -0.3 is 5.32 Å². The van der Waals surface area contributed by atoms with Gasteiger partial charge in [-0.25, -0.2) is 4.98 Å². The van der Waals surface area contributed by atoms with E-state index in [1.54, 1.807) is 6.92 Å². The molecule has 0 saturated carbocycles. The standard InChI is InChI=1S/C17H13BrN2OS.BrH/c1-11(21)13-3-2-4-15(9-13)19-17-20-16(10-22-17)12-5-7-14(18)8-6-12;/h2-10H,1H3,(H,19,20);1H. The minimum atomic E-state index is 0. The number of hydrogen-bond acceptors (Lipinski definition) is 4. The summed E-state index contributed by atoms with van der Waals surface area (Å²) in [5.74, 6) is 0.0540. The molecule has 0 fully saturated rings. The van der Waals surface area contributed by atoms with Crippen LogP contribution in [0.5, 0.6) is 0 Å².